The minimum Gasteiger partial charge on any atom is -0.447 e. The Kier molecular flexibility index (Phi) is 7.03. The number of carbonyl (C=O) groups excluding carboxylic acids is 2. The quantitative estimate of drug-likeness (QED) is 0.743. The van der Waals surface area contributed by atoms with E-state index in [-0.39, 0.29) is 29.8 Å². The summed E-state index contributed by atoms with van der Waals surface area (Å²) < 4.78 is 18.7. The minimum absolute atomic E-state index is 0.00754. The van der Waals surface area contributed by atoms with E-state index in [4.69, 9.17) is 4.74 Å². The van der Waals surface area contributed by atoms with Crippen molar-refractivity contribution in [3.05, 3.63) is 65.7 Å². The number of likely N-dealkylation sites (tertiary alicyclic amines) is 1. The molecule has 1 unspecified atom stereocenters. The molecule has 0 saturated carbocycles. The Morgan fingerprint density at radius 3 is 2.37 bits per heavy atom. The van der Waals surface area contributed by atoms with Gasteiger partial charge in [-0.15, -0.1) is 0 Å². The van der Waals surface area contributed by atoms with Crippen molar-refractivity contribution < 1.29 is 18.7 Å². The van der Waals surface area contributed by atoms with Crippen LogP contribution in [0.1, 0.15) is 44.0 Å². The van der Waals surface area contributed by atoms with Gasteiger partial charge in [0, 0.05) is 32.3 Å². The molecule has 2 heterocycles. The molecule has 1 aromatic carbocycles. The third-order valence-electron chi connectivity index (χ3n) is 5.33. The summed E-state index contributed by atoms with van der Waals surface area (Å²) >= 11 is 0. The van der Waals surface area contributed by atoms with Crippen molar-refractivity contribution in [2.75, 3.05) is 20.1 Å². The molecule has 0 N–H and O–H groups in total. The van der Waals surface area contributed by atoms with Crippen molar-refractivity contribution in [1.29, 1.82) is 0 Å². The van der Waals surface area contributed by atoms with Gasteiger partial charge in [0.1, 0.15) is 5.82 Å². The van der Waals surface area contributed by atoms with E-state index in [9.17, 15) is 14.0 Å². The van der Waals surface area contributed by atoms with Gasteiger partial charge in [-0.2, -0.15) is 0 Å². The lowest BCUT2D eigenvalue weighted by molar-refractivity contribution is -0.137. The lowest BCUT2D eigenvalue weighted by Crippen LogP contribution is -2.45. The second-order valence-corrected chi connectivity index (χ2v) is 7.85. The van der Waals surface area contributed by atoms with Gasteiger partial charge >= 0.3 is 6.09 Å². The van der Waals surface area contributed by atoms with Crippen LogP contribution in [0.25, 0.3) is 0 Å². The molecule has 0 aliphatic carbocycles. The zero-order valence-corrected chi connectivity index (χ0v) is 17.6. The van der Waals surface area contributed by atoms with Crippen molar-refractivity contribution in [2.24, 2.45) is 5.92 Å². The third kappa shape index (κ3) is 5.14. The Hall–Kier alpha value is -2.96. The molecule has 1 fully saturated rings. The molecule has 30 heavy (non-hydrogen) atoms. The number of rotatable bonds is 5. The highest BCUT2D eigenvalue weighted by molar-refractivity contribution is 5.80. The standard InChI is InChI=1S/C23H28FN3O3/c1-16(2)30-23(29)27-14-11-18(12-15-27)22(28)26(3)21(20-6-4-5-13-25-20)17-7-9-19(24)10-8-17/h4-10,13,16,18,21H,11-12,14-15H2,1-3H3. The largest absolute Gasteiger partial charge is 0.447 e. The number of pyridine rings is 1. The smallest absolute Gasteiger partial charge is 0.410 e. The van der Waals surface area contributed by atoms with Gasteiger partial charge in [0.05, 0.1) is 17.8 Å². The Bertz CT molecular complexity index is 850. The fourth-order valence-electron chi connectivity index (χ4n) is 3.78. The van der Waals surface area contributed by atoms with E-state index < -0.39 is 6.04 Å². The second-order valence-electron chi connectivity index (χ2n) is 7.85. The number of piperidine rings is 1. The number of hydrogen-bond acceptors (Lipinski definition) is 4. The first-order valence-corrected chi connectivity index (χ1v) is 10.3. The third-order valence-corrected chi connectivity index (χ3v) is 5.33. The van der Waals surface area contributed by atoms with Gasteiger partial charge in [0.15, 0.2) is 0 Å². The first kappa shape index (κ1) is 21.7. The number of carbonyl (C=O) groups is 2. The number of aromatic nitrogens is 1. The Balaban J connectivity index is 1.74. The predicted molar refractivity (Wildman–Crippen MR) is 111 cm³/mol. The Labute approximate surface area is 176 Å². The van der Waals surface area contributed by atoms with Crippen molar-refractivity contribution in [1.82, 2.24) is 14.8 Å². The van der Waals surface area contributed by atoms with Crippen LogP contribution in [0.3, 0.4) is 0 Å². The van der Waals surface area contributed by atoms with Crippen LogP contribution in [0.2, 0.25) is 0 Å². The fourth-order valence-corrected chi connectivity index (χ4v) is 3.78. The molecule has 0 radical (unpaired) electrons. The van der Waals surface area contributed by atoms with Crippen LogP contribution in [0.4, 0.5) is 9.18 Å². The SMILES string of the molecule is CC(C)OC(=O)N1CCC(C(=O)N(C)C(c2ccc(F)cc2)c2ccccn2)CC1. The Morgan fingerprint density at radius 2 is 1.80 bits per heavy atom. The number of ether oxygens (including phenoxy) is 1. The van der Waals surface area contributed by atoms with E-state index in [1.54, 1.807) is 35.2 Å². The lowest BCUT2D eigenvalue weighted by Gasteiger charge is -2.35. The molecular weight excluding hydrogens is 385 g/mol. The van der Waals surface area contributed by atoms with E-state index in [0.717, 1.165) is 11.3 Å². The lowest BCUT2D eigenvalue weighted by atomic mass is 9.93. The maximum Gasteiger partial charge on any atom is 0.410 e. The molecule has 1 aliphatic rings. The molecule has 1 aliphatic heterocycles. The fraction of sp³-hybridized carbons (Fsp3) is 0.435. The van der Waals surface area contributed by atoms with E-state index in [0.29, 0.717) is 25.9 Å². The monoisotopic (exact) mass is 413 g/mol. The van der Waals surface area contributed by atoms with Gasteiger partial charge in [-0.05, 0) is 56.5 Å². The van der Waals surface area contributed by atoms with Gasteiger partial charge in [0.25, 0.3) is 0 Å². The van der Waals surface area contributed by atoms with Crippen molar-refractivity contribution in [3.8, 4) is 0 Å². The molecule has 0 spiro atoms. The van der Waals surface area contributed by atoms with Gasteiger partial charge in [-0.25, -0.2) is 9.18 Å². The molecule has 0 bridgehead atoms. The molecule has 160 valence electrons. The molecule has 1 saturated heterocycles. The predicted octanol–water partition coefficient (Wildman–Crippen LogP) is 4.03. The topological polar surface area (TPSA) is 62.7 Å². The highest BCUT2D eigenvalue weighted by Gasteiger charge is 2.33. The van der Waals surface area contributed by atoms with Crippen LogP contribution in [0.15, 0.2) is 48.7 Å². The number of amides is 2. The van der Waals surface area contributed by atoms with Gasteiger partial charge in [-0.3, -0.25) is 9.78 Å². The molecule has 2 aromatic rings. The van der Waals surface area contributed by atoms with Crippen LogP contribution in [-0.2, 0) is 9.53 Å². The summed E-state index contributed by atoms with van der Waals surface area (Å²) in [6, 6.07) is 11.3. The van der Waals surface area contributed by atoms with Gasteiger partial charge in [0.2, 0.25) is 5.91 Å². The maximum absolute atomic E-state index is 13.4. The summed E-state index contributed by atoms with van der Waals surface area (Å²) in [5.41, 5.74) is 1.52. The van der Waals surface area contributed by atoms with Crippen LogP contribution < -0.4 is 0 Å². The number of benzene rings is 1. The number of nitrogens with zero attached hydrogens (tertiary/aromatic N) is 3. The average Bonchev–Trinajstić information content (AvgIpc) is 2.75. The highest BCUT2D eigenvalue weighted by Crippen LogP contribution is 2.30. The molecule has 1 aromatic heterocycles. The summed E-state index contributed by atoms with van der Waals surface area (Å²) in [5.74, 6) is -0.523. The summed E-state index contributed by atoms with van der Waals surface area (Å²) in [5, 5.41) is 0. The summed E-state index contributed by atoms with van der Waals surface area (Å²) in [6.45, 7) is 4.61. The van der Waals surface area contributed by atoms with Crippen LogP contribution in [0.5, 0.6) is 0 Å². The summed E-state index contributed by atoms with van der Waals surface area (Å²) in [6.07, 6.45) is 2.34. The summed E-state index contributed by atoms with van der Waals surface area (Å²) in [4.78, 5) is 33.2. The van der Waals surface area contributed by atoms with Crippen LogP contribution in [0, 0.1) is 11.7 Å². The van der Waals surface area contributed by atoms with Crippen LogP contribution >= 0.6 is 0 Å². The first-order valence-electron chi connectivity index (χ1n) is 10.3. The molecule has 1 atom stereocenters. The van der Waals surface area contributed by atoms with E-state index in [2.05, 4.69) is 4.98 Å². The minimum atomic E-state index is -0.414. The van der Waals surface area contributed by atoms with Crippen molar-refractivity contribution in [2.45, 2.75) is 38.8 Å². The van der Waals surface area contributed by atoms with E-state index >= 15 is 0 Å². The van der Waals surface area contributed by atoms with Gasteiger partial charge < -0.3 is 14.5 Å². The second kappa shape index (κ2) is 9.69. The normalized spacial score (nSPS) is 15.7. The summed E-state index contributed by atoms with van der Waals surface area (Å²) in [7, 11) is 1.75. The average molecular weight is 413 g/mol. The number of hydrogen-bond donors (Lipinski definition) is 0. The maximum atomic E-state index is 13.4. The van der Waals surface area contributed by atoms with E-state index in [1.165, 1.54) is 12.1 Å². The van der Waals surface area contributed by atoms with Gasteiger partial charge in [-0.1, -0.05) is 18.2 Å². The van der Waals surface area contributed by atoms with Crippen LogP contribution in [-0.4, -0.2) is 53.0 Å². The molecule has 2 amide bonds. The molecule has 6 nitrogen and oxygen atoms in total. The zero-order valence-electron chi connectivity index (χ0n) is 17.6. The van der Waals surface area contributed by atoms with E-state index in [1.807, 2.05) is 32.0 Å². The number of halogens is 1. The van der Waals surface area contributed by atoms with Crippen molar-refractivity contribution >= 4 is 12.0 Å². The molecule has 7 heteroatoms. The highest BCUT2D eigenvalue weighted by atomic mass is 19.1. The zero-order chi connectivity index (χ0) is 21.7. The molecular formula is C23H28FN3O3. The van der Waals surface area contributed by atoms with Crippen molar-refractivity contribution in [3.63, 3.8) is 0 Å². The Morgan fingerprint density at radius 1 is 1.13 bits per heavy atom. The first-order chi connectivity index (χ1) is 14.4. The molecule has 3 rings (SSSR count).